The topological polar surface area (TPSA) is 73.8 Å². The number of aromatic nitrogens is 2. The number of hydrogen-bond acceptors (Lipinski definition) is 6. The summed E-state index contributed by atoms with van der Waals surface area (Å²) in [5, 5.41) is 0. The van der Waals surface area contributed by atoms with E-state index in [2.05, 4.69) is 4.98 Å². The van der Waals surface area contributed by atoms with Crippen molar-refractivity contribution in [3.8, 4) is 28.5 Å². The molecule has 2 aliphatic rings. The van der Waals surface area contributed by atoms with Crippen LogP contribution in [0, 0.1) is 5.92 Å². The second-order valence-electron chi connectivity index (χ2n) is 6.56. The lowest BCUT2D eigenvalue weighted by Crippen LogP contribution is -2.29. The molecule has 1 aromatic carbocycles. The van der Waals surface area contributed by atoms with Crippen molar-refractivity contribution in [2.24, 2.45) is 5.92 Å². The van der Waals surface area contributed by atoms with E-state index < -0.39 is 0 Å². The molecule has 0 radical (unpaired) electrons. The van der Waals surface area contributed by atoms with Crippen LogP contribution in [0.4, 0.5) is 5.82 Å². The Morgan fingerprint density at radius 2 is 1.81 bits per heavy atom. The molecule has 0 bridgehead atoms. The van der Waals surface area contributed by atoms with E-state index in [1.54, 1.807) is 32.4 Å². The summed E-state index contributed by atoms with van der Waals surface area (Å²) in [6.07, 6.45) is 4.37. The van der Waals surface area contributed by atoms with Crippen molar-refractivity contribution in [2.75, 3.05) is 32.8 Å². The van der Waals surface area contributed by atoms with E-state index in [1.165, 1.54) is 12.8 Å². The van der Waals surface area contributed by atoms with Gasteiger partial charge in [-0.15, -0.1) is 0 Å². The molecule has 1 amide bonds. The Kier molecular flexibility index (Phi) is 4.14. The average molecular weight is 355 g/mol. The van der Waals surface area contributed by atoms with Crippen LogP contribution in [0.25, 0.3) is 11.3 Å². The molecule has 1 fully saturated rings. The SMILES string of the molecule is COc1cc(-c2cnc3c(n2)N(CC2CC2)C(=O)C3)cc(OC)c1OC. The van der Waals surface area contributed by atoms with Crippen LogP contribution < -0.4 is 19.1 Å². The number of hydrogen-bond donors (Lipinski definition) is 0. The molecule has 1 aliphatic heterocycles. The highest BCUT2D eigenvalue weighted by Gasteiger charge is 2.35. The Bertz CT molecular complexity index is 839. The van der Waals surface area contributed by atoms with Gasteiger partial charge < -0.3 is 14.2 Å². The van der Waals surface area contributed by atoms with Gasteiger partial charge in [-0.25, -0.2) is 4.98 Å². The lowest BCUT2D eigenvalue weighted by Gasteiger charge is -2.17. The van der Waals surface area contributed by atoms with E-state index in [4.69, 9.17) is 19.2 Å². The molecule has 1 aromatic heterocycles. The zero-order valence-corrected chi connectivity index (χ0v) is 15.1. The third-order valence-corrected chi connectivity index (χ3v) is 4.80. The summed E-state index contributed by atoms with van der Waals surface area (Å²) in [6.45, 7) is 0.735. The second-order valence-corrected chi connectivity index (χ2v) is 6.56. The smallest absolute Gasteiger partial charge is 0.234 e. The third kappa shape index (κ3) is 2.83. The first kappa shape index (κ1) is 16.6. The lowest BCUT2D eigenvalue weighted by atomic mass is 10.1. The summed E-state index contributed by atoms with van der Waals surface area (Å²) in [7, 11) is 4.72. The Labute approximate surface area is 151 Å². The van der Waals surface area contributed by atoms with E-state index >= 15 is 0 Å². The van der Waals surface area contributed by atoms with Crippen LogP contribution in [0.1, 0.15) is 18.5 Å². The Hall–Kier alpha value is -2.83. The molecular formula is C19H21N3O4. The van der Waals surface area contributed by atoms with Crippen LogP contribution in [0.2, 0.25) is 0 Å². The highest BCUT2D eigenvalue weighted by atomic mass is 16.5. The Morgan fingerprint density at radius 1 is 1.12 bits per heavy atom. The zero-order valence-electron chi connectivity index (χ0n) is 15.1. The van der Waals surface area contributed by atoms with E-state index in [-0.39, 0.29) is 5.91 Å². The highest BCUT2D eigenvalue weighted by Crippen LogP contribution is 2.41. The predicted molar refractivity (Wildman–Crippen MR) is 95.9 cm³/mol. The normalized spacial score (nSPS) is 15.8. The number of nitrogens with zero attached hydrogens (tertiary/aromatic N) is 3. The van der Waals surface area contributed by atoms with Crippen molar-refractivity contribution in [2.45, 2.75) is 19.3 Å². The summed E-state index contributed by atoms with van der Waals surface area (Å²) in [5.41, 5.74) is 2.20. The van der Waals surface area contributed by atoms with Gasteiger partial charge in [0.05, 0.1) is 45.3 Å². The average Bonchev–Trinajstić information content (AvgIpc) is 3.43. The third-order valence-electron chi connectivity index (χ3n) is 4.80. The van der Waals surface area contributed by atoms with Crippen molar-refractivity contribution >= 4 is 11.7 Å². The number of methoxy groups -OCH3 is 3. The highest BCUT2D eigenvalue weighted by molar-refractivity contribution is 5.99. The molecule has 0 unspecified atom stereocenters. The minimum Gasteiger partial charge on any atom is -0.493 e. The fourth-order valence-electron chi connectivity index (χ4n) is 3.22. The van der Waals surface area contributed by atoms with Crippen molar-refractivity contribution in [1.82, 2.24) is 9.97 Å². The molecule has 136 valence electrons. The molecule has 2 heterocycles. The van der Waals surface area contributed by atoms with E-state index in [9.17, 15) is 4.79 Å². The fourth-order valence-corrected chi connectivity index (χ4v) is 3.22. The van der Waals surface area contributed by atoms with Gasteiger partial charge in [0.15, 0.2) is 17.3 Å². The molecule has 7 nitrogen and oxygen atoms in total. The number of rotatable bonds is 6. The van der Waals surface area contributed by atoms with Gasteiger partial charge in [-0.05, 0) is 30.9 Å². The zero-order chi connectivity index (χ0) is 18.3. The molecule has 2 aromatic rings. The van der Waals surface area contributed by atoms with E-state index in [0.717, 1.165) is 17.8 Å². The molecule has 0 saturated heterocycles. The van der Waals surface area contributed by atoms with Crippen molar-refractivity contribution in [1.29, 1.82) is 0 Å². The molecular weight excluding hydrogens is 334 g/mol. The molecule has 1 saturated carbocycles. The number of anilines is 1. The number of fused-ring (bicyclic) bond motifs is 1. The number of carbonyl (C=O) groups excluding carboxylic acids is 1. The largest absolute Gasteiger partial charge is 0.493 e. The minimum atomic E-state index is 0.0777. The summed E-state index contributed by atoms with van der Waals surface area (Å²) >= 11 is 0. The lowest BCUT2D eigenvalue weighted by molar-refractivity contribution is -0.117. The molecule has 7 heteroatoms. The molecule has 0 atom stereocenters. The molecule has 4 rings (SSSR count). The maximum absolute atomic E-state index is 12.3. The molecule has 0 spiro atoms. The second kappa shape index (κ2) is 6.48. The Morgan fingerprint density at radius 3 is 2.38 bits per heavy atom. The predicted octanol–water partition coefficient (Wildman–Crippen LogP) is 2.47. The van der Waals surface area contributed by atoms with Gasteiger partial charge in [-0.3, -0.25) is 14.7 Å². The molecule has 0 N–H and O–H groups in total. The van der Waals surface area contributed by atoms with Gasteiger partial charge in [0, 0.05) is 12.1 Å². The molecule has 1 aliphatic carbocycles. The van der Waals surface area contributed by atoms with Crippen molar-refractivity contribution < 1.29 is 19.0 Å². The first-order valence-electron chi connectivity index (χ1n) is 8.61. The van der Waals surface area contributed by atoms with Gasteiger partial charge in [-0.1, -0.05) is 0 Å². The minimum absolute atomic E-state index is 0.0777. The van der Waals surface area contributed by atoms with E-state index in [1.807, 2.05) is 12.1 Å². The number of amides is 1. The van der Waals surface area contributed by atoms with Crippen molar-refractivity contribution in [3.63, 3.8) is 0 Å². The van der Waals surface area contributed by atoms with Gasteiger partial charge >= 0.3 is 0 Å². The number of carbonyl (C=O) groups is 1. The van der Waals surface area contributed by atoms with Crippen LogP contribution in [0.3, 0.4) is 0 Å². The van der Waals surface area contributed by atoms with Crippen molar-refractivity contribution in [3.05, 3.63) is 24.0 Å². The van der Waals surface area contributed by atoms with Crippen LogP contribution in [-0.4, -0.2) is 43.7 Å². The first-order chi connectivity index (χ1) is 12.6. The fraction of sp³-hybridized carbons (Fsp3) is 0.421. The number of benzene rings is 1. The van der Waals surface area contributed by atoms with Crippen LogP contribution in [-0.2, 0) is 11.2 Å². The Balaban J connectivity index is 1.75. The van der Waals surface area contributed by atoms with Gasteiger partial charge in [0.1, 0.15) is 0 Å². The molecule has 26 heavy (non-hydrogen) atoms. The standard InChI is InChI=1S/C19H21N3O4/c1-24-15-6-12(7-16(25-2)18(15)26-3)14-9-20-13-8-17(23)22(19(13)21-14)10-11-4-5-11/h6-7,9,11H,4-5,8,10H2,1-3H3. The summed E-state index contributed by atoms with van der Waals surface area (Å²) in [4.78, 5) is 23.3. The van der Waals surface area contributed by atoms with Crippen LogP contribution in [0.15, 0.2) is 18.3 Å². The summed E-state index contributed by atoms with van der Waals surface area (Å²) in [5.74, 6) is 2.97. The quantitative estimate of drug-likeness (QED) is 0.792. The maximum atomic E-state index is 12.3. The van der Waals surface area contributed by atoms with Gasteiger partial charge in [0.2, 0.25) is 11.7 Å². The van der Waals surface area contributed by atoms with Gasteiger partial charge in [-0.2, -0.15) is 0 Å². The monoisotopic (exact) mass is 355 g/mol. The first-order valence-corrected chi connectivity index (χ1v) is 8.61. The van der Waals surface area contributed by atoms with Crippen LogP contribution in [0.5, 0.6) is 17.2 Å². The number of ether oxygens (including phenoxy) is 3. The van der Waals surface area contributed by atoms with E-state index in [0.29, 0.717) is 41.1 Å². The summed E-state index contributed by atoms with van der Waals surface area (Å²) < 4.78 is 16.2. The van der Waals surface area contributed by atoms with Crippen LogP contribution >= 0.6 is 0 Å². The summed E-state index contributed by atoms with van der Waals surface area (Å²) in [6, 6.07) is 3.67. The maximum Gasteiger partial charge on any atom is 0.234 e. The van der Waals surface area contributed by atoms with Gasteiger partial charge in [0.25, 0.3) is 0 Å².